The molecule has 1 aliphatic heterocycles. The van der Waals surface area contributed by atoms with Crippen molar-refractivity contribution in [3.63, 3.8) is 0 Å². The molecule has 2 aromatic carbocycles. The maximum absolute atomic E-state index is 12.5. The van der Waals surface area contributed by atoms with Gasteiger partial charge in [-0.05, 0) is 54.8 Å². The van der Waals surface area contributed by atoms with E-state index in [1.54, 1.807) is 36.4 Å². The highest BCUT2D eigenvalue weighted by molar-refractivity contribution is 7.89. The number of benzene rings is 2. The Morgan fingerprint density at radius 1 is 1.00 bits per heavy atom. The van der Waals surface area contributed by atoms with Crippen molar-refractivity contribution >= 4 is 33.2 Å². The van der Waals surface area contributed by atoms with Gasteiger partial charge < -0.3 is 5.32 Å². The van der Waals surface area contributed by atoms with Gasteiger partial charge >= 0.3 is 0 Å². The zero-order valence-corrected chi connectivity index (χ0v) is 15.2. The Morgan fingerprint density at radius 3 is 2.16 bits per heavy atom. The topological polar surface area (TPSA) is 66.5 Å². The normalized spacial score (nSPS) is 15.2. The molecule has 25 heavy (non-hydrogen) atoms. The maximum Gasteiger partial charge on any atom is 0.255 e. The summed E-state index contributed by atoms with van der Waals surface area (Å²) in [5.41, 5.74) is 2.00. The summed E-state index contributed by atoms with van der Waals surface area (Å²) >= 11 is 5.73. The van der Waals surface area contributed by atoms with Gasteiger partial charge in [-0.1, -0.05) is 12.1 Å². The number of rotatable bonds is 5. The van der Waals surface area contributed by atoms with E-state index < -0.39 is 10.0 Å². The average Bonchev–Trinajstić information content (AvgIpc) is 3.18. The minimum atomic E-state index is -3.44. The monoisotopic (exact) mass is 378 g/mol. The molecule has 0 unspecified atom stereocenters. The van der Waals surface area contributed by atoms with E-state index in [0.29, 0.717) is 30.2 Å². The third kappa shape index (κ3) is 4.03. The summed E-state index contributed by atoms with van der Waals surface area (Å²) in [7, 11) is -3.44. The van der Waals surface area contributed by atoms with E-state index in [1.165, 1.54) is 16.4 Å². The molecule has 0 bridgehead atoms. The van der Waals surface area contributed by atoms with Crippen LogP contribution < -0.4 is 5.32 Å². The summed E-state index contributed by atoms with van der Waals surface area (Å²) < 4.78 is 26.5. The molecule has 0 aliphatic carbocycles. The summed E-state index contributed by atoms with van der Waals surface area (Å²) in [4.78, 5) is 12.5. The van der Waals surface area contributed by atoms with Crippen LogP contribution in [0.5, 0.6) is 0 Å². The van der Waals surface area contributed by atoms with E-state index in [-0.39, 0.29) is 10.8 Å². The number of alkyl halides is 1. The highest BCUT2D eigenvalue weighted by Crippen LogP contribution is 2.22. The zero-order valence-electron chi connectivity index (χ0n) is 13.6. The predicted molar refractivity (Wildman–Crippen MR) is 98.4 cm³/mol. The Balaban J connectivity index is 1.70. The molecule has 0 radical (unpaired) electrons. The molecule has 7 heteroatoms. The second kappa shape index (κ2) is 7.56. The Bertz CT molecular complexity index is 843. The van der Waals surface area contributed by atoms with E-state index in [0.717, 1.165) is 18.4 Å². The van der Waals surface area contributed by atoms with Gasteiger partial charge in [0.2, 0.25) is 10.0 Å². The average molecular weight is 379 g/mol. The molecule has 1 heterocycles. The number of hydrogen-bond donors (Lipinski definition) is 1. The summed E-state index contributed by atoms with van der Waals surface area (Å²) in [6, 6.07) is 13.3. The number of sulfonamides is 1. The number of anilines is 1. The number of hydrogen-bond acceptors (Lipinski definition) is 3. The molecule has 2 aromatic rings. The van der Waals surface area contributed by atoms with Crippen LogP contribution in [0.4, 0.5) is 5.69 Å². The van der Waals surface area contributed by atoms with Crippen LogP contribution in [0.25, 0.3) is 0 Å². The zero-order chi connectivity index (χ0) is 17.9. The van der Waals surface area contributed by atoms with E-state index >= 15 is 0 Å². The summed E-state index contributed by atoms with van der Waals surface area (Å²) in [5, 5.41) is 2.76. The Hall–Kier alpha value is -1.89. The first kappa shape index (κ1) is 17.9. The molecule has 132 valence electrons. The minimum Gasteiger partial charge on any atom is -0.322 e. The van der Waals surface area contributed by atoms with Crippen molar-refractivity contribution in [1.82, 2.24) is 4.31 Å². The Kier molecular flexibility index (Phi) is 5.42. The van der Waals surface area contributed by atoms with Crippen LogP contribution >= 0.6 is 11.6 Å². The van der Waals surface area contributed by atoms with Gasteiger partial charge in [-0.2, -0.15) is 4.31 Å². The van der Waals surface area contributed by atoms with E-state index in [4.69, 9.17) is 11.6 Å². The molecule has 1 amide bonds. The van der Waals surface area contributed by atoms with Crippen LogP contribution in [0.1, 0.15) is 28.8 Å². The quantitative estimate of drug-likeness (QED) is 0.810. The second-order valence-corrected chi connectivity index (χ2v) is 8.13. The fourth-order valence-electron chi connectivity index (χ4n) is 2.74. The molecule has 3 rings (SSSR count). The lowest BCUT2D eigenvalue weighted by molar-refractivity contribution is 0.102. The van der Waals surface area contributed by atoms with Gasteiger partial charge in [-0.3, -0.25) is 4.79 Å². The molecule has 1 aliphatic rings. The van der Waals surface area contributed by atoms with E-state index in [9.17, 15) is 13.2 Å². The lowest BCUT2D eigenvalue weighted by atomic mass is 10.1. The van der Waals surface area contributed by atoms with Crippen LogP contribution in [0, 0.1) is 0 Å². The lowest BCUT2D eigenvalue weighted by Gasteiger charge is -2.15. The van der Waals surface area contributed by atoms with Crippen molar-refractivity contribution in [2.75, 3.05) is 18.4 Å². The smallest absolute Gasteiger partial charge is 0.255 e. The van der Waals surface area contributed by atoms with Crippen LogP contribution in [-0.2, 0) is 15.9 Å². The van der Waals surface area contributed by atoms with Crippen molar-refractivity contribution in [2.45, 2.75) is 23.6 Å². The minimum absolute atomic E-state index is 0.249. The SMILES string of the molecule is O=C(Nc1ccc(S(=O)(=O)N2CCCC2)cc1)c1ccc(CCl)cc1. The molecular formula is C18H19ClN2O3S. The fraction of sp³-hybridized carbons (Fsp3) is 0.278. The number of carbonyl (C=O) groups is 1. The summed E-state index contributed by atoms with van der Waals surface area (Å²) in [6.45, 7) is 1.14. The molecule has 5 nitrogen and oxygen atoms in total. The van der Waals surface area contributed by atoms with E-state index in [1.807, 2.05) is 0 Å². The molecule has 0 spiro atoms. The highest BCUT2D eigenvalue weighted by Gasteiger charge is 2.26. The molecule has 1 N–H and O–H groups in total. The largest absolute Gasteiger partial charge is 0.322 e. The number of nitrogens with zero attached hydrogens (tertiary/aromatic N) is 1. The molecule has 0 atom stereocenters. The van der Waals surface area contributed by atoms with Crippen molar-refractivity contribution < 1.29 is 13.2 Å². The van der Waals surface area contributed by atoms with Gasteiger partial charge in [0, 0.05) is 30.2 Å². The third-order valence-corrected chi connectivity index (χ3v) is 6.41. The fourth-order valence-corrected chi connectivity index (χ4v) is 4.43. The van der Waals surface area contributed by atoms with E-state index in [2.05, 4.69) is 5.32 Å². The highest BCUT2D eigenvalue weighted by atomic mass is 35.5. The molecular weight excluding hydrogens is 360 g/mol. The van der Waals surface area contributed by atoms with Gasteiger partial charge in [0.25, 0.3) is 5.91 Å². The standard InChI is InChI=1S/C18H19ClN2O3S/c19-13-14-3-5-15(6-4-14)18(22)20-16-7-9-17(10-8-16)25(23,24)21-11-1-2-12-21/h3-10H,1-2,11-13H2,(H,20,22). The Labute approximate surface area is 152 Å². The van der Waals surface area contributed by atoms with Gasteiger partial charge in [0.1, 0.15) is 0 Å². The number of halogens is 1. The van der Waals surface area contributed by atoms with Crippen molar-refractivity contribution in [3.8, 4) is 0 Å². The third-order valence-electron chi connectivity index (χ3n) is 4.19. The Morgan fingerprint density at radius 2 is 1.60 bits per heavy atom. The summed E-state index contributed by atoms with van der Waals surface area (Å²) in [5.74, 6) is 0.144. The van der Waals surface area contributed by atoms with Gasteiger partial charge in [-0.15, -0.1) is 11.6 Å². The van der Waals surface area contributed by atoms with Crippen LogP contribution in [0.15, 0.2) is 53.4 Å². The van der Waals surface area contributed by atoms with Crippen LogP contribution in [0.2, 0.25) is 0 Å². The second-order valence-electron chi connectivity index (χ2n) is 5.92. The first-order valence-corrected chi connectivity index (χ1v) is 10.0. The van der Waals surface area contributed by atoms with Gasteiger partial charge in [-0.25, -0.2) is 8.42 Å². The van der Waals surface area contributed by atoms with Gasteiger partial charge in [0.05, 0.1) is 4.90 Å². The van der Waals surface area contributed by atoms with Crippen LogP contribution in [-0.4, -0.2) is 31.7 Å². The van der Waals surface area contributed by atoms with Gasteiger partial charge in [0.15, 0.2) is 0 Å². The number of nitrogens with one attached hydrogen (secondary N) is 1. The maximum atomic E-state index is 12.5. The van der Waals surface area contributed by atoms with Crippen LogP contribution in [0.3, 0.4) is 0 Å². The molecule has 1 saturated heterocycles. The first-order valence-electron chi connectivity index (χ1n) is 8.07. The molecule has 1 fully saturated rings. The lowest BCUT2D eigenvalue weighted by Crippen LogP contribution is -2.27. The molecule has 0 aromatic heterocycles. The molecule has 0 saturated carbocycles. The first-order chi connectivity index (χ1) is 12.0. The van der Waals surface area contributed by atoms with Crippen molar-refractivity contribution in [3.05, 3.63) is 59.7 Å². The summed E-state index contributed by atoms with van der Waals surface area (Å²) in [6.07, 6.45) is 1.80. The van der Waals surface area contributed by atoms with Crippen molar-refractivity contribution in [1.29, 1.82) is 0 Å². The number of carbonyl (C=O) groups excluding carboxylic acids is 1. The predicted octanol–water partition coefficient (Wildman–Crippen LogP) is 3.46. The van der Waals surface area contributed by atoms with Crippen molar-refractivity contribution in [2.24, 2.45) is 0 Å². The number of amides is 1.